The predicted molar refractivity (Wildman–Crippen MR) is 54.3 cm³/mol. The van der Waals surface area contributed by atoms with Crippen molar-refractivity contribution in [1.82, 2.24) is 0 Å². The molecule has 0 aliphatic rings. The van der Waals surface area contributed by atoms with Crippen molar-refractivity contribution in [3.63, 3.8) is 0 Å². The van der Waals surface area contributed by atoms with E-state index in [2.05, 4.69) is 30.8 Å². The summed E-state index contributed by atoms with van der Waals surface area (Å²) in [7, 11) is -2.17. The minimum absolute atomic E-state index is 1.14. The summed E-state index contributed by atoms with van der Waals surface area (Å²) in [6.07, 6.45) is 1.86. The molecular weight excluding hydrogens is 178 g/mol. The molecule has 0 aliphatic heterocycles. The van der Waals surface area contributed by atoms with Crippen molar-refractivity contribution in [2.24, 2.45) is 0 Å². The van der Waals surface area contributed by atoms with Gasteiger partial charge in [-0.15, -0.1) is 0 Å². The Kier molecular flexibility index (Phi) is 7.27. The van der Waals surface area contributed by atoms with Gasteiger partial charge in [0.1, 0.15) is 0 Å². The summed E-state index contributed by atoms with van der Waals surface area (Å²) in [5.41, 5.74) is 1.20. The van der Waals surface area contributed by atoms with Crippen LogP contribution >= 0.6 is 0 Å². The molecule has 64 valence electrons. The fourth-order valence-electron chi connectivity index (χ4n) is 0.703. The van der Waals surface area contributed by atoms with Gasteiger partial charge in [0.2, 0.25) is 0 Å². The van der Waals surface area contributed by atoms with Gasteiger partial charge in [-0.25, -0.2) is 0 Å². The third-order valence-corrected chi connectivity index (χ3v) is 1.98. The van der Waals surface area contributed by atoms with E-state index in [1.54, 1.807) is 0 Å². The molecule has 3 N–H and O–H groups in total. The number of rotatable bonds is 1. The molecular formula is C8H10BNaO3. The SMILES string of the molecule is C=Cc1cc[c]([Na])cc1.OB(O)O. The molecule has 0 spiro atoms. The molecule has 0 aliphatic carbocycles. The molecule has 0 atom stereocenters. The van der Waals surface area contributed by atoms with E-state index in [1.807, 2.05) is 6.08 Å². The molecule has 0 amide bonds. The van der Waals surface area contributed by atoms with Crippen LogP contribution in [0.5, 0.6) is 0 Å². The molecule has 5 heteroatoms. The van der Waals surface area contributed by atoms with Crippen LogP contribution in [0.4, 0.5) is 0 Å². The zero-order valence-corrected chi connectivity index (χ0v) is 9.51. The molecule has 13 heavy (non-hydrogen) atoms. The summed E-state index contributed by atoms with van der Waals surface area (Å²) >= 11 is 1.14. The van der Waals surface area contributed by atoms with Gasteiger partial charge >= 0.3 is 80.5 Å². The Bertz CT molecular complexity index is 245. The van der Waals surface area contributed by atoms with Crippen LogP contribution in [0.3, 0.4) is 0 Å². The third kappa shape index (κ3) is 8.24. The van der Waals surface area contributed by atoms with Crippen molar-refractivity contribution in [1.29, 1.82) is 0 Å². The summed E-state index contributed by atoms with van der Waals surface area (Å²) in [6.45, 7) is 3.67. The molecule has 0 fully saturated rings. The van der Waals surface area contributed by atoms with Gasteiger partial charge in [-0.2, -0.15) is 0 Å². The van der Waals surface area contributed by atoms with Crippen LogP contribution in [-0.2, 0) is 0 Å². The second-order valence-electron chi connectivity index (χ2n) is 2.46. The van der Waals surface area contributed by atoms with Crippen molar-refractivity contribution in [2.45, 2.75) is 0 Å². The normalized spacial score (nSPS) is 8.38. The Morgan fingerprint density at radius 3 is 1.85 bits per heavy atom. The minimum atomic E-state index is -2.17. The first-order chi connectivity index (χ1) is 6.06. The Hall–Kier alpha value is -0.0951. The molecule has 0 heterocycles. The average molecular weight is 188 g/mol. The van der Waals surface area contributed by atoms with Gasteiger partial charge in [-0.05, 0) is 0 Å². The molecule has 1 aromatic carbocycles. The van der Waals surface area contributed by atoms with Crippen LogP contribution in [-0.4, -0.2) is 50.3 Å². The van der Waals surface area contributed by atoms with E-state index in [9.17, 15) is 0 Å². The Labute approximate surface area is 95.3 Å². The van der Waals surface area contributed by atoms with Gasteiger partial charge in [0, 0.05) is 0 Å². The summed E-state index contributed by atoms with van der Waals surface area (Å²) in [6, 6.07) is 8.47. The predicted octanol–water partition coefficient (Wildman–Crippen LogP) is -0.928. The third-order valence-electron chi connectivity index (χ3n) is 1.31. The van der Waals surface area contributed by atoms with E-state index in [4.69, 9.17) is 15.1 Å². The van der Waals surface area contributed by atoms with E-state index in [0.29, 0.717) is 0 Å². The van der Waals surface area contributed by atoms with Crippen LogP contribution in [0, 0.1) is 0 Å². The van der Waals surface area contributed by atoms with Gasteiger partial charge in [0.25, 0.3) is 0 Å². The van der Waals surface area contributed by atoms with Gasteiger partial charge in [-0.3, -0.25) is 0 Å². The second-order valence-corrected chi connectivity index (χ2v) is 3.62. The van der Waals surface area contributed by atoms with Crippen LogP contribution in [0.25, 0.3) is 6.08 Å². The Morgan fingerprint density at radius 1 is 1.15 bits per heavy atom. The molecule has 0 aromatic heterocycles. The van der Waals surface area contributed by atoms with Gasteiger partial charge in [0.05, 0.1) is 0 Å². The van der Waals surface area contributed by atoms with Crippen LogP contribution in [0.1, 0.15) is 5.56 Å². The van der Waals surface area contributed by atoms with Gasteiger partial charge < -0.3 is 15.1 Å². The molecule has 1 aromatic rings. The average Bonchev–Trinajstić information content (AvgIpc) is 2.05. The van der Waals surface area contributed by atoms with Crippen LogP contribution < -0.4 is 2.81 Å². The molecule has 0 unspecified atom stereocenters. The van der Waals surface area contributed by atoms with Crippen LogP contribution in [0.15, 0.2) is 30.8 Å². The molecule has 0 radical (unpaired) electrons. The van der Waals surface area contributed by atoms with E-state index in [0.717, 1.165) is 27.9 Å². The molecule has 0 bridgehead atoms. The topological polar surface area (TPSA) is 60.7 Å². The zero-order valence-electron chi connectivity index (χ0n) is 7.51. The Balaban J connectivity index is 0.000000310. The maximum Gasteiger partial charge on any atom is 0.631 e. The molecule has 0 saturated carbocycles. The number of hydrogen-bond donors (Lipinski definition) is 3. The quantitative estimate of drug-likeness (QED) is 0.499. The molecule has 1 rings (SSSR count). The first-order valence-corrected chi connectivity index (χ1v) is 4.79. The molecule has 0 saturated heterocycles. The van der Waals surface area contributed by atoms with Gasteiger partial charge in [-0.1, -0.05) is 0 Å². The first-order valence-electron chi connectivity index (χ1n) is 3.79. The standard InChI is InChI=1S/C8H7.BH3O3.Na/c1-2-8-6-4-3-5-7-8;2-1(3)4;/h2,4-7H,1H2;2-4H;. The molecule has 3 nitrogen and oxygen atoms in total. The maximum atomic E-state index is 7.17. The van der Waals surface area contributed by atoms with E-state index in [-0.39, 0.29) is 0 Å². The van der Waals surface area contributed by atoms with E-state index >= 15 is 0 Å². The minimum Gasteiger partial charge on any atom is -0.402 e. The summed E-state index contributed by atoms with van der Waals surface area (Å²) in [4.78, 5) is 0. The van der Waals surface area contributed by atoms with E-state index < -0.39 is 7.32 Å². The Morgan fingerprint density at radius 2 is 1.54 bits per heavy atom. The maximum absolute atomic E-state index is 7.17. The van der Waals surface area contributed by atoms with Crippen molar-refractivity contribution in [3.05, 3.63) is 36.4 Å². The summed E-state index contributed by atoms with van der Waals surface area (Å²) in [5, 5.41) is 21.5. The van der Waals surface area contributed by atoms with Crippen molar-refractivity contribution in [3.8, 4) is 0 Å². The fraction of sp³-hybridized carbons (Fsp3) is 0. The fourth-order valence-corrected chi connectivity index (χ4v) is 1.04. The summed E-state index contributed by atoms with van der Waals surface area (Å²) in [5.74, 6) is 0. The number of hydrogen-bond acceptors (Lipinski definition) is 3. The second kappa shape index (κ2) is 7.32. The summed E-state index contributed by atoms with van der Waals surface area (Å²) < 4.78 is 1.43. The number of benzene rings is 1. The van der Waals surface area contributed by atoms with E-state index in [1.165, 1.54) is 8.38 Å². The smallest absolute Gasteiger partial charge is 0.402 e. The monoisotopic (exact) mass is 188 g/mol. The van der Waals surface area contributed by atoms with Crippen molar-refractivity contribution >= 4 is 44.1 Å². The first kappa shape index (κ1) is 12.9. The van der Waals surface area contributed by atoms with Gasteiger partial charge in [0.15, 0.2) is 0 Å². The largest absolute Gasteiger partial charge is 0.631 e. The van der Waals surface area contributed by atoms with Crippen molar-refractivity contribution < 1.29 is 15.1 Å². The zero-order chi connectivity index (χ0) is 10.3. The van der Waals surface area contributed by atoms with Crippen LogP contribution in [0.2, 0.25) is 0 Å². The van der Waals surface area contributed by atoms with Crippen molar-refractivity contribution in [2.75, 3.05) is 0 Å².